The average Bonchev–Trinajstić information content (AvgIpc) is 2.75. The van der Waals surface area contributed by atoms with Crippen molar-refractivity contribution in [3.05, 3.63) is 23.1 Å². The van der Waals surface area contributed by atoms with Crippen LogP contribution in [-0.4, -0.2) is 48.4 Å². The zero-order valence-electron chi connectivity index (χ0n) is 10.1. The zero-order chi connectivity index (χ0) is 12.4. The molecule has 5 heteroatoms. The number of furan rings is 1. The lowest BCUT2D eigenvalue weighted by Crippen LogP contribution is -2.52. The molecular formula is C12H17ClN2O2. The van der Waals surface area contributed by atoms with Gasteiger partial charge in [0.2, 0.25) is 5.22 Å². The highest BCUT2D eigenvalue weighted by molar-refractivity contribution is 6.32. The number of piperazine rings is 1. The molecule has 1 unspecified atom stereocenters. The summed E-state index contributed by atoms with van der Waals surface area (Å²) in [4.78, 5) is 16.4. The molecule has 1 aliphatic heterocycles. The third kappa shape index (κ3) is 2.48. The van der Waals surface area contributed by atoms with Crippen molar-refractivity contribution in [2.45, 2.75) is 19.4 Å². The molecule has 1 amide bonds. The Morgan fingerprint density at radius 3 is 2.94 bits per heavy atom. The molecule has 1 aromatic heterocycles. The number of amides is 1. The van der Waals surface area contributed by atoms with E-state index in [1.807, 2.05) is 4.90 Å². The minimum absolute atomic E-state index is 0.0321. The van der Waals surface area contributed by atoms with Gasteiger partial charge in [0, 0.05) is 25.7 Å². The molecule has 1 atom stereocenters. The fourth-order valence-electron chi connectivity index (χ4n) is 2.19. The molecule has 0 radical (unpaired) electrons. The molecule has 1 saturated heterocycles. The van der Waals surface area contributed by atoms with Gasteiger partial charge in [0.05, 0.1) is 11.8 Å². The third-order valence-electron chi connectivity index (χ3n) is 3.38. The largest absolute Gasteiger partial charge is 0.452 e. The Morgan fingerprint density at radius 2 is 2.35 bits per heavy atom. The molecule has 0 spiro atoms. The summed E-state index contributed by atoms with van der Waals surface area (Å²) in [5.41, 5.74) is 0.464. The van der Waals surface area contributed by atoms with E-state index in [0.29, 0.717) is 11.6 Å². The molecule has 1 aliphatic rings. The Balaban J connectivity index is 2.09. The summed E-state index contributed by atoms with van der Waals surface area (Å²) < 4.78 is 4.96. The van der Waals surface area contributed by atoms with E-state index in [9.17, 15) is 4.79 Å². The van der Waals surface area contributed by atoms with E-state index in [1.54, 1.807) is 6.07 Å². The fourth-order valence-corrected chi connectivity index (χ4v) is 2.38. The second kappa shape index (κ2) is 5.10. The van der Waals surface area contributed by atoms with Gasteiger partial charge >= 0.3 is 0 Å². The van der Waals surface area contributed by atoms with Crippen LogP contribution in [0.1, 0.15) is 23.7 Å². The lowest BCUT2D eigenvalue weighted by atomic mass is 10.1. The number of carbonyl (C=O) groups is 1. The van der Waals surface area contributed by atoms with Crippen molar-refractivity contribution in [2.75, 3.05) is 26.7 Å². The van der Waals surface area contributed by atoms with Gasteiger partial charge in [-0.25, -0.2) is 0 Å². The number of halogens is 1. The number of carbonyl (C=O) groups excluding carboxylic acids is 1. The molecule has 2 rings (SSSR count). The first kappa shape index (κ1) is 12.5. The summed E-state index contributed by atoms with van der Waals surface area (Å²) in [6.07, 6.45) is 2.49. The van der Waals surface area contributed by atoms with Gasteiger partial charge in [0.25, 0.3) is 5.91 Å². The highest BCUT2D eigenvalue weighted by Gasteiger charge is 2.28. The Hall–Kier alpha value is -1.00. The third-order valence-corrected chi connectivity index (χ3v) is 3.68. The van der Waals surface area contributed by atoms with Crippen LogP contribution in [0.5, 0.6) is 0 Å². The van der Waals surface area contributed by atoms with Crippen molar-refractivity contribution in [1.82, 2.24) is 9.80 Å². The maximum atomic E-state index is 12.2. The Kier molecular flexibility index (Phi) is 3.74. The molecule has 1 aromatic rings. The van der Waals surface area contributed by atoms with Crippen molar-refractivity contribution in [3.63, 3.8) is 0 Å². The summed E-state index contributed by atoms with van der Waals surface area (Å²) in [7, 11) is 2.10. The van der Waals surface area contributed by atoms with Gasteiger partial charge < -0.3 is 9.32 Å². The normalized spacial score (nSPS) is 21.8. The van der Waals surface area contributed by atoms with Crippen LogP contribution >= 0.6 is 11.6 Å². The van der Waals surface area contributed by atoms with Crippen LogP contribution in [0.15, 0.2) is 16.7 Å². The highest BCUT2D eigenvalue weighted by atomic mass is 35.5. The van der Waals surface area contributed by atoms with Gasteiger partial charge in [-0.2, -0.15) is 0 Å². The molecular weight excluding hydrogens is 240 g/mol. The van der Waals surface area contributed by atoms with Gasteiger partial charge in [-0.15, -0.1) is 0 Å². The second-order valence-corrected chi connectivity index (χ2v) is 4.75. The van der Waals surface area contributed by atoms with Crippen molar-refractivity contribution >= 4 is 17.5 Å². The lowest BCUT2D eigenvalue weighted by molar-refractivity contribution is 0.0541. The number of rotatable bonds is 2. The van der Waals surface area contributed by atoms with Crippen LogP contribution in [0.25, 0.3) is 0 Å². The molecule has 0 bridgehead atoms. The SMILES string of the molecule is CCC1CN(C(=O)c2ccoc2Cl)CCN1C. The van der Waals surface area contributed by atoms with Crippen LogP contribution in [0, 0.1) is 0 Å². The molecule has 0 saturated carbocycles. The standard InChI is InChI=1S/C12H17ClN2O2/c1-3-9-8-15(6-5-14(9)2)12(16)10-4-7-17-11(10)13/h4,7,9H,3,5-6,8H2,1-2H3. The first-order chi connectivity index (χ1) is 8.13. The van der Waals surface area contributed by atoms with Gasteiger partial charge in [0.1, 0.15) is 0 Å². The highest BCUT2D eigenvalue weighted by Crippen LogP contribution is 2.20. The molecule has 0 aromatic carbocycles. The van der Waals surface area contributed by atoms with E-state index < -0.39 is 0 Å². The van der Waals surface area contributed by atoms with E-state index in [0.717, 1.165) is 26.1 Å². The summed E-state index contributed by atoms with van der Waals surface area (Å²) >= 11 is 5.83. The van der Waals surface area contributed by atoms with Crippen LogP contribution in [0.3, 0.4) is 0 Å². The predicted molar refractivity (Wildman–Crippen MR) is 66.3 cm³/mol. The molecule has 0 aliphatic carbocycles. The molecule has 1 fully saturated rings. The zero-order valence-corrected chi connectivity index (χ0v) is 10.9. The number of hydrogen-bond acceptors (Lipinski definition) is 3. The minimum Gasteiger partial charge on any atom is -0.452 e. The summed E-state index contributed by atoms with van der Waals surface area (Å²) in [5.74, 6) is -0.0321. The first-order valence-electron chi connectivity index (χ1n) is 5.86. The van der Waals surface area contributed by atoms with Crippen molar-refractivity contribution in [1.29, 1.82) is 0 Å². The Bertz CT molecular complexity index is 405. The van der Waals surface area contributed by atoms with Crippen LogP contribution in [-0.2, 0) is 0 Å². The summed E-state index contributed by atoms with van der Waals surface area (Å²) in [5, 5.41) is 0.182. The van der Waals surface area contributed by atoms with E-state index in [2.05, 4.69) is 18.9 Å². The number of nitrogens with zero attached hydrogens (tertiary/aromatic N) is 2. The number of likely N-dealkylation sites (N-methyl/N-ethyl adjacent to an activating group) is 1. The molecule has 17 heavy (non-hydrogen) atoms. The summed E-state index contributed by atoms with van der Waals surface area (Å²) in [6.45, 7) is 4.54. The first-order valence-corrected chi connectivity index (χ1v) is 6.23. The molecule has 4 nitrogen and oxygen atoms in total. The van der Waals surface area contributed by atoms with Gasteiger partial charge in [0.15, 0.2) is 0 Å². The smallest absolute Gasteiger partial charge is 0.258 e. The maximum absolute atomic E-state index is 12.2. The molecule has 0 N–H and O–H groups in total. The topological polar surface area (TPSA) is 36.7 Å². The van der Waals surface area contributed by atoms with Gasteiger partial charge in [-0.3, -0.25) is 9.69 Å². The Labute approximate surface area is 106 Å². The summed E-state index contributed by atoms with van der Waals surface area (Å²) in [6, 6.07) is 2.06. The van der Waals surface area contributed by atoms with Crippen molar-refractivity contribution in [2.24, 2.45) is 0 Å². The van der Waals surface area contributed by atoms with Crippen LogP contribution in [0.2, 0.25) is 5.22 Å². The monoisotopic (exact) mass is 256 g/mol. The van der Waals surface area contributed by atoms with Crippen LogP contribution < -0.4 is 0 Å². The predicted octanol–water partition coefficient (Wildman–Crippen LogP) is 2.10. The molecule has 2 heterocycles. The number of hydrogen-bond donors (Lipinski definition) is 0. The van der Waals surface area contributed by atoms with E-state index in [4.69, 9.17) is 16.0 Å². The molecule has 94 valence electrons. The van der Waals surface area contributed by atoms with E-state index in [1.165, 1.54) is 6.26 Å². The van der Waals surface area contributed by atoms with Crippen molar-refractivity contribution in [3.8, 4) is 0 Å². The van der Waals surface area contributed by atoms with Crippen LogP contribution in [0.4, 0.5) is 0 Å². The average molecular weight is 257 g/mol. The van der Waals surface area contributed by atoms with Gasteiger partial charge in [-0.05, 0) is 31.1 Å². The van der Waals surface area contributed by atoms with Crippen molar-refractivity contribution < 1.29 is 9.21 Å². The quantitative estimate of drug-likeness (QED) is 0.813. The second-order valence-electron chi connectivity index (χ2n) is 4.40. The Morgan fingerprint density at radius 1 is 1.59 bits per heavy atom. The van der Waals surface area contributed by atoms with Gasteiger partial charge in [-0.1, -0.05) is 6.92 Å². The minimum atomic E-state index is -0.0321. The fraction of sp³-hybridized carbons (Fsp3) is 0.583. The maximum Gasteiger partial charge on any atom is 0.258 e. The lowest BCUT2D eigenvalue weighted by Gasteiger charge is -2.39. The van der Waals surface area contributed by atoms with E-state index >= 15 is 0 Å². The van der Waals surface area contributed by atoms with E-state index in [-0.39, 0.29) is 11.1 Å².